The van der Waals surface area contributed by atoms with E-state index in [1.54, 1.807) is 33.2 Å². The largest absolute Gasteiger partial charge is 0.444 e. The first-order valence-corrected chi connectivity index (χ1v) is 5.91. The third-order valence-corrected chi connectivity index (χ3v) is 2.12. The molecule has 0 radical (unpaired) electrons. The Balaban J connectivity index is 2.04. The minimum absolute atomic E-state index is 0.329. The molecule has 0 spiro atoms. The lowest BCUT2D eigenvalue weighted by Gasteiger charge is -2.18. The van der Waals surface area contributed by atoms with E-state index in [9.17, 15) is 4.79 Å². The number of amides is 1. The summed E-state index contributed by atoms with van der Waals surface area (Å²) >= 11 is 0. The zero-order valence-electron chi connectivity index (χ0n) is 11.1. The fourth-order valence-corrected chi connectivity index (χ4v) is 1.43. The molecule has 2 aromatic heterocycles. The quantitative estimate of drug-likeness (QED) is 0.870. The van der Waals surface area contributed by atoms with Crippen LogP contribution in [0, 0.1) is 0 Å². The molecule has 19 heavy (non-hydrogen) atoms. The van der Waals surface area contributed by atoms with Gasteiger partial charge in [-0.2, -0.15) is 0 Å². The molecule has 1 amide bonds. The van der Waals surface area contributed by atoms with Crippen molar-refractivity contribution in [1.82, 2.24) is 15.0 Å². The van der Waals surface area contributed by atoms with Gasteiger partial charge in [0.25, 0.3) is 0 Å². The van der Waals surface area contributed by atoms with E-state index < -0.39 is 11.7 Å². The van der Waals surface area contributed by atoms with Gasteiger partial charge in [-0.05, 0) is 32.9 Å². The Labute approximate surface area is 111 Å². The number of imidazole rings is 1. The molecule has 2 rings (SSSR count). The number of H-pyrrole nitrogens is 1. The number of hydrogen-bond acceptors (Lipinski definition) is 4. The summed E-state index contributed by atoms with van der Waals surface area (Å²) in [6, 6.07) is 5.54. The number of nitrogens with one attached hydrogen (secondary N) is 2. The predicted octanol–water partition coefficient (Wildman–Crippen LogP) is 2.82. The second-order valence-corrected chi connectivity index (χ2v) is 4.98. The number of nitrogens with zero attached hydrogens (tertiary/aromatic N) is 2. The molecule has 0 fully saturated rings. The molecule has 2 aromatic rings. The van der Waals surface area contributed by atoms with Crippen molar-refractivity contribution in [1.29, 1.82) is 0 Å². The van der Waals surface area contributed by atoms with Gasteiger partial charge in [-0.25, -0.2) is 9.78 Å². The minimum atomic E-state index is -0.547. The lowest BCUT2D eigenvalue weighted by atomic mass is 10.2. The molecule has 6 heteroatoms. The van der Waals surface area contributed by atoms with Crippen LogP contribution in [0.2, 0.25) is 0 Å². The van der Waals surface area contributed by atoms with Gasteiger partial charge in [0.05, 0.1) is 5.69 Å². The molecule has 0 unspecified atom stereocenters. The van der Waals surface area contributed by atoms with Gasteiger partial charge in [0, 0.05) is 12.4 Å². The third-order valence-electron chi connectivity index (χ3n) is 2.12. The maximum Gasteiger partial charge on any atom is 0.414 e. The summed E-state index contributed by atoms with van der Waals surface area (Å²) in [6.45, 7) is 5.40. The average molecular weight is 260 g/mol. The number of carbonyl (C=O) groups excluding carboxylic acids is 1. The molecule has 0 bridgehead atoms. The van der Waals surface area contributed by atoms with Gasteiger partial charge in [-0.3, -0.25) is 10.3 Å². The molecule has 100 valence electrons. The summed E-state index contributed by atoms with van der Waals surface area (Å²) in [5, 5.41) is 2.53. The van der Waals surface area contributed by atoms with Crippen LogP contribution in [0.5, 0.6) is 0 Å². The van der Waals surface area contributed by atoms with Crippen molar-refractivity contribution in [2.45, 2.75) is 26.4 Å². The second-order valence-electron chi connectivity index (χ2n) is 4.98. The van der Waals surface area contributed by atoms with Crippen molar-refractivity contribution in [2.24, 2.45) is 0 Å². The highest BCUT2D eigenvalue weighted by atomic mass is 16.6. The summed E-state index contributed by atoms with van der Waals surface area (Å²) in [5.74, 6) is 0.329. The Morgan fingerprint density at radius 1 is 1.32 bits per heavy atom. The predicted molar refractivity (Wildman–Crippen MR) is 71.7 cm³/mol. The monoisotopic (exact) mass is 260 g/mol. The molecule has 0 atom stereocenters. The third kappa shape index (κ3) is 3.80. The van der Waals surface area contributed by atoms with Crippen LogP contribution in [0.25, 0.3) is 11.4 Å². The molecule has 0 saturated heterocycles. The van der Waals surface area contributed by atoms with Crippen LogP contribution in [0.3, 0.4) is 0 Å². The number of ether oxygens (including phenoxy) is 1. The van der Waals surface area contributed by atoms with E-state index in [1.807, 2.05) is 18.2 Å². The van der Waals surface area contributed by atoms with E-state index in [0.29, 0.717) is 11.6 Å². The molecular formula is C13H16N4O2. The fraction of sp³-hybridized carbons (Fsp3) is 0.308. The molecule has 0 saturated carbocycles. The minimum Gasteiger partial charge on any atom is -0.444 e. The molecule has 0 aliphatic heterocycles. The van der Waals surface area contributed by atoms with Gasteiger partial charge in [0.1, 0.15) is 11.3 Å². The summed E-state index contributed by atoms with van der Waals surface area (Å²) in [4.78, 5) is 22.8. The number of anilines is 1. The van der Waals surface area contributed by atoms with Gasteiger partial charge in [0.15, 0.2) is 0 Å². The average Bonchev–Trinajstić information content (AvgIpc) is 2.76. The highest BCUT2D eigenvalue weighted by Crippen LogP contribution is 2.16. The van der Waals surface area contributed by atoms with Crippen molar-refractivity contribution < 1.29 is 9.53 Å². The number of carbonyl (C=O) groups is 1. The summed E-state index contributed by atoms with van der Waals surface area (Å²) in [5.41, 5.74) is 0.850. The zero-order valence-corrected chi connectivity index (χ0v) is 11.1. The molecule has 0 aromatic carbocycles. The van der Waals surface area contributed by atoms with Crippen LogP contribution in [0.15, 0.2) is 30.6 Å². The Bertz CT molecular complexity index is 558. The van der Waals surface area contributed by atoms with E-state index in [4.69, 9.17) is 4.74 Å². The topological polar surface area (TPSA) is 79.9 Å². The fourth-order valence-electron chi connectivity index (χ4n) is 1.43. The highest BCUT2D eigenvalue weighted by Gasteiger charge is 2.17. The van der Waals surface area contributed by atoms with Gasteiger partial charge in [-0.1, -0.05) is 6.07 Å². The van der Waals surface area contributed by atoms with Gasteiger partial charge in [-0.15, -0.1) is 0 Å². The van der Waals surface area contributed by atoms with Gasteiger partial charge >= 0.3 is 6.09 Å². The van der Waals surface area contributed by atoms with Crippen molar-refractivity contribution in [3.05, 3.63) is 30.6 Å². The van der Waals surface area contributed by atoms with Gasteiger partial charge < -0.3 is 9.72 Å². The Morgan fingerprint density at radius 3 is 2.74 bits per heavy atom. The van der Waals surface area contributed by atoms with Crippen molar-refractivity contribution in [2.75, 3.05) is 5.32 Å². The van der Waals surface area contributed by atoms with Gasteiger partial charge in [0.2, 0.25) is 5.95 Å². The number of aromatic nitrogens is 3. The van der Waals surface area contributed by atoms with Crippen LogP contribution in [-0.4, -0.2) is 26.6 Å². The van der Waals surface area contributed by atoms with Crippen molar-refractivity contribution in [3.8, 4) is 11.4 Å². The molecule has 2 heterocycles. The van der Waals surface area contributed by atoms with Crippen molar-refractivity contribution >= 4 is 12.0 Å². The normalized spacial score (nSPS) is 11.1. The summed E-state index contributed by atoms with van der Waals surface area (Å²) in [7, 11) is 0. The molecule has 2 N–H and O–H groups in total. The first kappa shape index (κ1) is 13.1. The Hall–Kier alpha value is -2.37. The summed E-state index contributed by atoms with van der Waals surface area (Å²) < 4.78 is 5.13. The second kappa shape index (κ2) is 5.09. The van der Waals surface area contributed by atoms with Crippen LogP contribution in [0.4, 0.5) is 10.7 Å². The number of pyridine rings is 1. The number of aromatic amines is 1. The lowest BCUT2D eigenvalue weighted by Crippen LogP contribution is -2.27. The highest BCUT2D eigenvalue weighted by molar-refractivity contribution is 5.83. The first-order chi connectivity index (χ1) is 8.94. The van der Waals surface area contributed by atoms with E-state index in [0.717, 1.165) is 5.69 Å². The lowest BCUT2D eigenvalue weighted by molar-refractivity contribution is 0.0635. The maximum absolute atomic E-state index is 11.6. The molecule has 6 nitrogen and oxygen atoms in total. The van der Waals surface area contributed by atoms with Crippen molar-refractivity contribution in [3.63, 3.8) is 0 Å². The molecule has 0 aliphatic rings. The number of rotatable bonds is 2. The Morgan fingerprint density at radius 2 is 2.11 bits per heavy atom. The standard InChI is InChI=1S/C13H16N4O2/c1-13(2,3)19-12(18)17-11-15-8-10(16-11)9-6-4-5-7-14-9/h4-8H,1-3H3,(H2,15,16,17,18). The Kier molecular flexibility index (Phi) is 3.50. The van der Waals surface area contributed by atoms with Crippen LogP contribution in [-0.2, 0) is 4.74 Å². The van der Waals surface area contributed by atoms with E-state index in [2.05, 4.69) is 20.3 Å². The van der Waals surface area contributed by atoms with Crippen LogP contribution < -0.4 is 5.32 Å². The van der Waals surface area contributed by atoms with Crippen LogP contribution >= 0.6 is 0 Å². The first-order valence-electron chi connectivity index (χ1n) is 5.91. The van der Waals surface area contributed by atoms with E-state index in [1.165, 1.54) is 0 Å². The van der Waals surface area contributed by atoms with E-state index >= 15 is 0 Å². The molecular weight excluding hydrogens is 244 g/mol. The molecule has 0 aliphatic carbocycles. The van der Waals surface area contributed by atoms with E-state index in [-0.39, 0.29) is 0 Å². The maximum atomic E-state index is 11.6. The SMILES string of the molecule is CC(C)(C)OC(=O)Nc1nc(-c2ccccn2)c[nH]1. The summed E-state index contributed by atoms with van der Waals surface area (Å²) in [6.07, 6.45) is 2.81. The zero-order chi connectivity index (χ0) is 13.9. The smallest absolute Gasteiger partial charge is 0.414 e. The number of hydrogen-bond donors (Lipinski definition) is 2. The van der Waals surface area contributed by atoms with Crippen LogP contribution in [0.1, 0.15) is 20.8 Å².